The topological polar surface area (TPSA) is 116 Å². The summed E-state index contributed by atoms with van der Waals surface area (Å²) in [5, 5.41) is 14.1. The molecule has 0 saturated carbocycles. The second-order valence-electron chi connectivity index (χ2n) is 12.4. The third-order valence-electron chi connectivity index (χ3n) is 9.44. The third-order valence-corrected chi connectivity index (χ3v) is 9.44. The van der Waals surface area contributed by atoms with E-state index >= 15 is 0 Å². The van der Waals surface area contributed by atoms with Crippen LogP contribution in [0.3, 0.4) is 0 Å². The number of hydrogen-bond donors (Lipinski definition) is 2. The Kier molecular flexibility index (Phi) is 8.29. The van der Waals surface area contributed by atoms with Crippen LogP contribution in [-0.4, -0.2) is 106 Å². The number of carbonyl (C=O) groups excluding carboxylic acids is 2. The van der Waals surface area contributed by atoms with Gasteiger partial charge in [0.15, 0.2) is 5.65 Å². The summed E-state index contributed by atoms with van der Waals surface area (Å²) in [5.74, 6) is 0.390. The number of anilines is 2. The van der Waals surface area contributed by atoms with Crippen LogP contribution in [-0.2, 0) is 9.53 Å². The van der Waals surface area contributed by atoms with E-state index in [4.69, 9.17) is 4.74 Å². The highest BCUT2D eigenvalue weighted by molar-refractivity contribution is 5.99. The summed E-state index contributed by atoms with van der Waals surface area (Å²) in [7, 11) is 4.12. The lowest BCUT2D eigenvalue weighted by atomic mass is 9.83. The molecule has 2 aliphatic heterocycles. The largest absolute Gasteiger partial charge is 0.392 e. The van der Waals surface area contributed by atoms with Gasteiger partial charge in [0.2, 0.25) is 0 Å². The molecule has 0 spiro atoms. The molecule has 46 heavy (non-hydrogen) atoms. The number of likely N-dealkylation sites (N-methyl/N-ethyl adjacent to an activating group) is 1. The van der Waals surface area contributed by atoms with Gasteiger partial charge in [-0.3, -0.25) is 9.59 Å². The normalized spacial score (nSPS) is 21.9. The van der Waals surface area contributed by atoms with Crippen LogP contribution in [0.2, 0.25) is 0 Å². The number of nitrogens with one attached hydrogen (secondary N) is 1. The smallest absolute Gasteiger partial charge is 0.258 e. The first-order chi connectivity index (χ1) is 22.4. The number of ether oxygens (including phenoxy) is 1. The van der Waals surface area contributed by atoms with E-state index in [1.807, 2.05) is 39.9 Å². The van der Waals surface area contributed by atoms with Crippen LogP contribution >= 0.6 is 0 Å². The Morgan fingerprint density at radius 1 is 1.15 bits per heavy atom. The lowest BCUT2D eigenvalue weighted by molar-refractivity contribution is -0.125. The summed E-state index contributed by atoms with van der Waals surface area (Å²) in [6.45, 7) is 2.66. The van der Waals surface area contributed by atoms with Gasteiger partial charge >= 0.3 is 0 Å². The van der Waals surface area contributed by atoms with E-state index in [1.54, 1.807) is 29.4 Å². The van der Waals surface area contributed by atoms with Gasteiger partial charge in [-0.05, 0) is 68.8 Å². The minimum Gasteiger partial charge on any atom is -0.392 e. The molecule has 3 aromatic rings. The molecule has 0 aromatic carbocycles. The number of hydrogen-bond acceptors (Lipinski definition) is 8. The summed E-state index contributed by atoms with van der Waals surface area (Å²) < 4.78 is 7.32. The highest BCUT2D eigenvalue weighted by Gasteiger charge is 2.34. The summed E-state index contributed by atoms with van der Waals surface area (Å²) in [5.41, 5.74) is 6.57. The van der Waals surface area contributed by atoms with E-state index in [2.05, 4.69) is 46.4 Å². The number of carbonyl (C=O) groups is 2. The number of aliphatic hydroxyl groups excluding tert-OH is 1. The van der Waals surface area contributed by atoms with Gasteiger partial charge in [0.1, 0.15) is 5.82 Å². The predicted molar refractivity (Wildman–Crippen MR) is 175 cm³/mol. The molecule has 1 saturated heterocycles. The maximum atomic E-state index is 13.8. The standard InChI is InChI=1S/C35H39N7O4/c1-39(2)26-7-8-28-23(18-26)10-12-42(35(28)45)31-5-3-4-27(29(31)22-43)25-19-30(33-36-11-13-41(33)21-25)38-32-9-6-24(20-37-32)34(44)40-14-16-46-17-15-40/h3,5-9,11,13,19-21,26-27,43H,4,10,12,14-18,22H2,1-2H3,(H,37,38). The van der Waals surface area contributed by atoms with E-state index in [9.17, 15) is 14.7 Å². The summed E-state index contributed by atoms with van der Waals surface area (Å²) in [6.07, 6.45) is 17.8. The average molecular weight is 622 g/mol. The molecular weight excluding hydrogens is 582 g/mol. The molecule has 3 aromatic heterocycles. The molecule has 2 unspecified atom stereocenters. The summed E-state index contributed by atoms with van der Waals surface area (Å²) >= 11 is 0. The van der Waals surface area contributed by atoms with E-state index < -0.39 is 0 Å². The number of imidazole rings is 1. The Balaban J connectivity index is 1.16. The molecule has 11 heteroatoms. The van der Waals surface area contributed by atoms with Crippen molar-refractivity contribution in [3.05, 3.63) is 101 Å². The number of aromatic nitrogens is 3. The molecule has 1 fully saturated rings. The molecule has 2 amide bonds. The van der Waals surface area contributed by atoms with Crippen LogP contribution in [0, 0.1) is 0 Å². The lowest BCUT2D eigenvalue weighted by Crippen LogP contribution is -2.40. The molecule has 2 N–H and O–H groups in total. The van der Waals surface area contributed by atoms with E-state index in [0.29, 0.717) is 56.7 Å². The molecule has 0 bridgehead atoms. The Morgan fingerprint density at radius 3 is 2.76 bits per heavy atom. The lowest BCUT2D eigenvalue weighted by Gasteiger charge is -2.37. The average Bonchev–Trinajstić information content (AvgIpc) is 3.58. The zero-order chi connectivity index (χ0) is 31.8. The van der Waals surface area contributed by atoms with Gasteiger partial charge in [0, 0.05) is 67.7 Å². The van der Waals surface area contributed by atoms with Crippen molar-refractivity contribution in [3.63, 3.8) is 0 Å². The number of rotatable bonds is 7. The number of aliphatic hydroxyl groups is 1. The minimum atomic E-state index is -0.163. The van der Waals surface area contributed by atoms with Crippen LogP contribution in [0.15, 0.2) is 89.7 Å². The van der Waals surface area contributed by atoms with Crippen LogP contribution in [0.1, 0.15) is 41.1 Å². The maximum absolute atomic E-state index is 13.8. The minimum absolute atomic E-state index is 0.00463. The molecule has 5 heterocycles. The first-order valence-corrected chi connectivity index (χ1v) is 15.9. The molecule has 4 aliphatic rings. The zero-order valence-electron chi connectivity index (χ0n) is 26.2. The zero-order valence-corrected chi connectivity index (χ0v) is 26.2. The molecule has 11 nitrogen and oxygen atoms in total. The van der Waals surface area contributed by atoms with Gasteiger partial charge in [-0.25, -0.2) is 9.97 Å². The molecule has 238 valence electrons. The van der Waals surface area contributed by atoms with Crippen LogP contribution in [0.5, 0.6) is 0 Å². The number of morpholine rings is 1. The second-order valence-corrected chi connectivity index (χ2v) is 12.4. The number of fused-ring (bicyclic) bond motifs is 1. The number of allylic oxidation sites excluding steroid dienone is 2. The highest BCUT2D eigenvalue weighted by Crippen LogP contribution is 2.39. The number of amides is 2. The SMILES string of the molecule is CN(C)C1C=CC2=C(CCN(C3=C(CO)C(c4cc(Nc5ccc(C(=O)N6CCOCC6)cn5)c5nccn5c4)CC=C3)C2=O)C1. The molecule has 2 aliphatic carbocycles. The van der Waals surface area contributed by atoms with Crippen molar-refractivity contribution in [1.82, 2.24) is 29.1 Å². The van der Waals surface area contributed by atoms with Crippen LogP contribution in [0.25, 0.3) is 5.65 Å². The van der Waals surface area contributed by atoms with Gasteiger partial charge in [-0.2, -0.15) is 0 Å². The first-order valence-electron chi connectivity index (χ1n) is 15.9. The Bertz CT molecular complexity index is 1780. The van der Waals surface area contributed by atoms with E-state index in [1.165, 1.54) is 5.57 Å². The number of nitrogens with zero attached hydrogens (tertiary/aromatic N) is 6. The van der Waals surface area contributed by atoms with Crippen molar-refractivity contribution < 1.29 is 19.4 Å². The Labute approximate surface area is 268 Å². The third kappa shape index (κ3) is 5.66. The van der Waals surface area contributed by atoms with Gasteiger partial charge < -0.3 is 34.3 Å². The van der Waals surface area contributed by atoms with Gasteiger partial charge in [-0.15, -0.1) is 0 Å². The van der Waals surface area contributed by atoms with Gasteiger partial charge in [0.05, 0.1) is 31.1 Å². The number of pyridine rings is 2. The Hall–Kier alpha value is -4.58. The monoisotopic (exact) mass is 621 g/mol. The first kappa shape index (κ1) is 30.1. The van der Waals surface area contributed by atoms with Crippen molar-refractivity contribution in [2.75, 3.05) is 58.9 Å². The summed E-state index contributed by atoms with van der Waals surface area (Å²) in [6, 6.07) is 5.92. The van der Waals surface area contributed by atoms with Crippen molar-refractivity contribution in [3.8, 4) is 0 Å². The molecular formula is C35H39N7O4. The maximum Gasteiger partial charge on any atom is 0.258 e. The fourth-order valence-corrected chi connectivity index (χ4v) is 6.85. The predicted octanol–water partition coefficient (Wildman–Crippen LogP) is 3.65. The van der Waals surface area contributed by atoms with E-state index in [-0.39, 0.29) is 24.3 Å². The summed E-state index contributed by atoms with van der Waals surface area (Å²) in [4.78, 5) is 41.6. The Morgan fingerprint density at radius 2 is 2.00 bits per heavy atom. The quantitative estimate of drug-likeness (QED) is 0.411. The van der Waals surface area contributed by atoms with Crippen LogP contribution < -0.4 is 5.32 Å². The van der Waals surface area contributed by atoms with Crippen molar-refractivity contribution in [1.29, 1.82) is 0 Å². The molecule has 2 atom stereocenters. The fraction of sp³-hybridized carbons (Fsp3) is 0.371. The highest BCUT2D eigenvalue weighted by atomic mass is 16.5. The molecule has 0 radical (unpaired) electrons. The van der Waals surface area contributed by atoms with Gasteiger partial charge in [0.25, 0.3) is 11.8 Å². The van der Waals surface area contributed by atoms with E-state index in [0.717, 1.165) is 46.6 Å². The van der Waals surface area contributed by atoms with Crippen molar-refractivity contribution >= 4 is 29.0 Å². The van der Waals surface area contributed by atoms with Crippen molar-refractivity contribution in [2.45, 2.75) is 31.2 Å². The fourth-order valence-electron chi connectivity index (χ4n) is 6.85. The van der Waals surface area contributed by atoms with Crippen LogP contribution in [0.4, 0.5) is 11.5 Å². The van der Waals surface area contributed by atoms with Crippen molar-refractivity contribution in [2.24, 2.45) is 0 Å². The second kappa shape index (κ2) is 12.7. The van der Waals surface area contributed by atoms with Gasteiger partial charge in [-0.1, -0.05) is 23.8 Å². The molecule has 7 rings (SSSR count).